The Hall–Kier alpha value is -4.19. The molecule has 0 rings (SSSR count). The molecule has 0 bridgehead atoms. The summed E-state index contributed by atoms with van der Waals surface area (Å²) in [6.45, 7) is 6.44. The molecule has 0 aliphatic heterocycles. The molecule has 0 fully saturated rings. The van der Waals surface area contributed by atoms with Gasteiger partial charge in [-0.1, -0.05) is 264 Å². The van der Waals surface area contributed by atoms with Crippen molar-refractivity contribution >= 4 is 17.9 Å². The maximum atomic E-state index is 12.8. The van der Waals surface area contributed by atoms with Crippen molar-refractivity contribution in [1.29, 1.82) is 0 Å². The minimum Gasteiger partial charge on any atom is -0.462 e. The van der Waals surface area contributed by atoms with Crippen LogP contribution in [0.1, 0.15) is 258 Å². The topological polar surface area (TPSA) is 78.9 Å². The van der Waals surface area contributed by atoms with Crippen molar-refractivity contribution in [2.75, 3.05) is 13.2 Å². The zero-order valence-corrected chi connectivity index (χ0v) is 46.7. The summed E-state index contributed by atoms with van der Waals surface area (Å²) >= 11 is 0. The molecule has 0 saturated heterocycles. The fraction of sp³-hybridized carbons (Fsp3) is 0.652. The molecule has 0 heterocycles. The molecule has 0 aromatic heterocycles. The number of hydrogen-bond acceptors (Lipinski definition) is 6. The van der Waals surface area contributed by atoms with E-state index in [4.69, 9.17) is 14.2 Å². The van der Waals surface area contributed by atoms with E-state index in [1.165, 1.54) is 83.5 Å². The first-order chi connectivity index (χ1) is 35.5. The molecule has 0 aromatic carbocycles. The number of hydrogen-bond donors (Lipinski definition) is 0. The van der Waals surface area contributed by atoms with E-state index in [1.807, 2.05) is 0 Å². The molecule has 0 aliphatic rings. The van der Waals surface area contributed by atoms with Crippen molar-refractivity contribution in [2.24, 2.45) is 0 Å². The largest absolute Gasteiger partial charge is 0.462 e. The van der Waals surface area contributed by atoms with Crippen LogP contribution in [-0.2, 0) is 28.6 Å². The summed E-state index contributed by atoms with van der Waals surface area (Å²) in [5.74, 6) is -0.922. The van der Waals surface area contributed by atoms with Crippen LogP contribution in [0.2, 0.25) is 0 Å². The molecule has 408 valence electrons. The lowest BCUT2D eigenvalue weighted by molar-refractivity contribution is -0.167. The first kappa shape index (κ1) is 67.8. The van der Waals surface area contributed by atoms with Gasteiger partial charge in [-0.3, -0.25) is 14.4 Å². The third kappa shape index (κ3) is 56.7. The highest BCUT2D eigenvalue weighted by atomic mass is 16.6. The Morgan fingerprint density at radius 3 is 0.847 bits per heavy atom. The third-order valence-corrected chi connectivity index (χ3v) is 12.2. The monoisotopic (exact) mass is 997 g/mol. The van der Waals surface area contributed by atoms with Crippen molar-refractivity contribution in [3.05, 3.63) is 122 Å². The van der Waals surface area contributed by atoms with Crippen molar-refractivity contribution in [2.45, 2.75) is 264 Å². The average molecular weight is 998 g/mol. The zero-order chi connectivity index (χ0) is 52.2. The van der Waals surface area contributed by atoms with Crippen LogP contribution >= 0.6 is 0 Å². The Bertz CT molecular complexity index is 1520. The van der Waals surface area contributed by atoms with Gasteiger partial charge in [0.1, 0.15) is 13.2 Å². The van der Waals surface area contributed by atoms with Gasteiger partial charge in [0.25, 0.3) is 0 Å². The van der Waals surface area contributed by atoms with Gasteiger partial charge in [-0.2, -0.15) is 0 Å². The minimum atomic E-state index is -0.784. The van der Waals surface area contributed by atoms with Crippen LogP contribution in [0.3, 0.4) is 0 Å². The first-order valence-electron chi connectivity index (χ1n) is 29.5. The lowest BCUT2D eigenvalue weighted by Crippen LogP contribution is -2.30. The van der Waals surface area contributed by atoms with Gasteiger partial charge in [-0.25, -0.2) is 0 Å². The average Bonchev–Trinajstić information content (AvgIpc) is 3.38. The third-order valence-electron chi connectivity index (χ3n) is 12.2. The number of allylic oxidation sites excluding steroid dienone is 20. The second kappa shape index (κ2) is 59.4. The van der Waals surface area contributed by atoms with Crippen LogP contribution in [0, 0.1) is 0 Å². The molecule has 1 atom stereocenters. The summed E-state index contributed by atoms with van der Waals surface area (Å²) in [5.41, 5.74) is 0. The van der Waals surface area contributed by atoms with Crippen LogP contribution in [-0.4, -0.2) is 37.2 Å². The van der Waals surface area contributed by atoms with Gasteiger partial charge >= 0.3 is 17.9 Å². The summed E-state index contributed by atoms with van der Waals surface area (Å²) in [6.07, 6.45) is 82.3. The lowest BCUT2D eigenvalue weighted by atomic mass is 10.0. The molecule has 0 radical (unpaired) electrons. The van der Waals surface area contributed by atoms with Gasteiger partial charge in [0, 0.05) is 19.3 Å². The predicted molar refractivity (Wildman–Crippen MR) is 311 cm³/mol. The van der Waals surface area contributed by atoms with Gasteiger partial charge in [0.05, 0.1) is 0 Å². The molecule has 72 heavy (non-hydrogen) atoms. The van der Waals surface area contributed by atoms with Crippen molar-refractivity contribution in [3.8, 4) is 0 Å². The number of carbonyl (C=O) groups is 3. The van der Waals surface area contributed by atoms with E-state index in [-0.39, 0.29) is 31.1 Å². The molecule has 1 unspecified atom stereocenters. The Morgan fingerprint density at radius 1 is 0.292 bits per heavy atom. The van der Waals surface area contributed by atoms with E-state index in [2.05, 4.69) is 142 Å². The molecule has 0 N–H and O–H groups in total. The van der Waals surface area contributed by atoms with Crippen molar-refractivity contribution in [3.63, 3.8) is 0 Å². The fourth-order valence-corrected chi connectivity index (χ4v) is 7.82. The second-order valence-corrected chi connectivity index (χ2v) is 19.2. The maximum Gasteiger partial charge on any atom is 0.306 e. The highest BCUT2D eigenvalue weighted by Gasteiger charge is 2.19. The number of carbonyl (C=O) groups excluding carboxylic acids is 3. The van der Waals surface area contributed by atoms with Crippen LogP contribution in [0.25, 0.3) is 0 Å². The highest BCUT2D eigenvalue weighted by Crippen LogP contribution is 2.15. The number of esters is 3. The van der Waals surface area contributed by atoms with Crippen LogP contribution in [0.4, 0.5) is 0 Å². The number of unbranched alkanes of at least 4 members (excludes halogenated alkanes) is 21. The van der Waals surface area contributed by atoms with E-state index >= 15 is 0 Å². The number of ether oxygens (including phenoxy) is 3. The highest BCUT2D eigenvalue weighted by molar-refractivity contribution is 5.71. The Kier molecular flexibility index (Phi) is 55.9. The lowest BCUT2D eigenvalue weighted by Gasteiger charge is -2.18. The molecule has 6 nitrogen and oxygen atoms in total. The Morgan fingerprint density at radius 2 is 0.542 bits per heavy atom. The van der Waals surface area contributed by atoms with Gasteiger partial charge in [-0.05, 0) is 96.3 Å². The molecule has 0 aromatic rings. The quantitative estimate of drug-likeness (QED) is 0.0261. The minimum absolute atomic E-state index is 0.0855. The van der Waals surface area contributed by atoms with Gasteiger partial charge < -0.3 is 14.2 Å². The van der Waals surface area contributed by atoms with Gasteiger partial charge in [0.2, 0.25) is 0 Å². The zero-order valence-electron chi connectivity index (χ0n) is 46.7. The number of rotatable bonds is 52. The van der Waals surface area contributed by atoms with E-state index in [9.17, 15) is 14.4 Å². The Balaban J connectivity index is 4.14. The van der Waals surface area contributed by atoms with Gasteiger partial charge in [0.15, 0.2) is 6.10 Å². The summed E-state index contributed by atoms with van der Waals surface area (Å²) in [4.78, 5) is 37.8. The second-order valence-electron chi connectivity index (χ2n) is 19.2. The molecule has 0 amide bonds. The summed E-state index contributed by atoms with van der Waals surface area (Å²) in [6, 6.07) is 0. The maximum absolute atomic E-state index is 12.8. The molecular weight excluding hydrogens is 889 g/mol. The van der Waals surface area contributed by atoms with Crippen LogP contribution < -0.4 is 0 Å². The SMILES string of the molecule is CC/C=C\C/C=C\C/C=C\C/C=C\C/C=C\C/C=C\C/C=C\C/C=C\C/C=C\C/C=C\CCCCCCC(=O)OCC(COC(=O)CCCCCCCC)OC(=O)CCCCCCCCCCCCCCC. The van der Waals surface area contributed by atoms with Gasteiger partial charge in [-0.15, -0.1) is 0 Å². The smallest absolute Gasteiger partial charge is 0.306 e. The molecule has 0 aliphatic carbocycles. The molecular formula is C66H108O6. The fourth-order valence-electron chi connectivity index (χ4n) is 7.82. The van der Waals surface area contributed by atoms with Crippen LogP contribution in [0.15, 0.2) is 122 Å². The standard InChI is InChI=1S/C66H108O6/c1-4-7-10-13-16-18-20-22-23-24-25-26-27-28-29-30-31-32-33-34-35-36-37-38-39-40-41-42-43-45-46-48-50-53-56-59-65(68)71-62-63(61-70-64(67)58-55-52-15-12-9-6-3)72-66(69)60-57-54-51-49-47-44-21-19-17-14-11-8-5-2/h7,10,16,18,22-23,25-26,28-29,31-32,34-35,37-38,40-41,43,45,63H,4-6,8-9,11-15,17,19-21,24,27,30,33,36,39,42,44,46-62H2,1-3H3/b10-7-,18-16-,23-22-,26-25-,29-28-,32-31-,35-34-,38-37-,41-40-,45-43-. The molecule has 0 saturated carbocycles. The summed E-state index contributed by atoms with van der Waals surface area (Å²) in [7, 11) is 0. The van der Waals surface area contributed by atoms with Crippen molar-refractivity contribution in [1.82, 2.24) is 0 Å². The molecule has 6 heteroatoms. The normalized spacial score (nSPS) is 13.0. The van der Waals surface area contributed by atoms with E-state index < -0.39 is 6.10 Å². The van der Waals surface area contributed by atoms with E-state index in [1.54, 1.807) is 0 Å². The van der Waals surface area contributed by atoms with E-state index in [0.717, 1.165) is 135 Å². The molecule has 0 spiro atoms. The summed E-state index contributed by atoms with van der Waals surface area (Å²) in [5, 5.41) is 0. The Labute approximate surface area is 443 Å². The van der Waals surface area contributed by atoms with Crippen molar-refractivity contribution < 1.29 is 28.6 Å². The van der Waals surface area contributed by atoms with E-state index in [0.29, 0.717) is 19.3 Å². The first-order valence-corrected chi connectivity index (χ1v) is 29.5. The predicted octanol–water partition coefficient (Wildman–Crippen LogP) is 20.0. The van der Waals surface area contributed by atoms with Crippen LogP contribution in [0.5, 0.6) is 0 Å². The summed E-state index contributed by atoms with van der Waals surface area (Å²) < 4.78 is 16.7.